The molecule has 0 aliphatic rings. The van der Waals surface area contributed by atoms with Crippen molar-refractivity contribution in [3.63, 3.8) is 0 Å². The van der Waals surface area contributed by atoms with Crippen LogP contribution in [0.1, 0.15) is 19.3 Å². The molecule has 0 rings (SSSR count). The largest absolute Gasteiger partial charge is 2.00 e. The Morgan fingerprint density at radius 2 is 1.92 bits per heavy atom. The Balaban J connectivity index is -0.000000405. The number of halogens is 1. The fourth-order valence-electron chi connectivity index (χ4n) is 0.519. The molecule has 0 saturated heterocycles. The Morgan fingerprint density at radius 1 is 1.42 bits per heavy atom. The molecule has 66 valence electrons. The van der Waals surface area contributed by atoms with Gasteiger partial charge in [-0.3, -0.25) is 9.59 Å². The molecule has 0 aromatic carbocycles. The van der Waals surface area contributed by atoms with Crippen LogP contribution in [-0.2, 0) is 33.8 Å². The van der Waals surface area contributed by atoms with E-state index in [0.717, 1.165) is 0 Å². The number of methoxy groups -OCH3 is 1. The first-order chi connectivity index (χ1) is 4.70. The van der Waals surface area contributed by atoms with Gasteiger partial charge in [-0.25, -0.2) is 0 Å². The summed E-state index contributed by atoms with van der Waals surface area (Å²) in [6, 6.07) is 0. The monoisotopic (exact) mass is 334 g/mol. The van der Waals surface area contributed by atoms with Crippen molar-refractivity contribution >= 4 is 11.8 Å². The van der Waals surface area contributed by atoms with Gasteiger partial charge >= 0.3 is 25.4 Å². The number of ketones is 1. The predicted molar refractivity (Wildman–Crippen MR) is 36.2 cm³/mol. The molecule has 0 bridgehead atoms. The Bertz CT molecular complexity index is 139. The minimum Gasteiger partial charge on any atom is -1.00 e. The van der Waals surface area contributed by atoms with Crippen LogP contribution in [0.3, 0.4) is 0 Å². The summed E-state index contributed by atoms with van der Waals surface area (Å²) in [5, 5.41) is 0. The maximum Gasteiger partial charge on any atom is 2.00 e. The average Bonchev–Trinajstić information content (AvgIpc) is 1.88. The van der Waals surface area contributed by atoms with Crippen LogP contribution in [-0.4, -0.2) is 18.9 Å². The number of ether oxygens (including phenoxy) is 1. The van der Waals surface area contributed by atoms with Crippen molar-refractivity contribution in [1.82, 2.24) is 0 Å². The van der Waals surface area contributed by atoms with Gasteiger partial charge in [0, 0.05) is 0 Å². The molecule has 0 N–H and O–H groups in total. The minimum atomic E-state index is -0.474. The van der Waals surface area contributed by atoms with Gasteiger partial charge in [0.2, 0.25) is 0 Å². The van der Waals surface area contributed by atoms with E-state index in [1.165, 1.54) is 7.11 Å². The molecule has 0 saturated carbocycles. The van der Waals surface area contributed by atoms with E-state index in [2.05, 4.69) is 11.7 Å². The fraction of sp³-hybridized carbons (Fsp3) is 0.571. The van der Waals surface area contributed by atoms with Crippen LogP contribution in [0.4, 0.5) is 0 Å². The number of Topliss-reactive ketones (excluding diaryl/α,β-unsaturated/α-hetero) is 1. The zero-order valence-corrected chi connectivity index (χ0v) is 12.3. The summed E-state index contributed by atoms with van der Waals surface area (Å²) in [5.41, 5.74) is 0. The number of carbonyl (C=O) groups is 2. The summed E-state index contributed by atoms with van der Waals surface area (Å²) in [5.74, 6) is -0.583. The van der Waals surface area contributed by atoms with Crippen LogP contribution in [0.2, 0.25) is 0 Å². The Labute approximate surface area is 102 Å². The van der Waals surface area contributed by atoms with E-state index in [4.69, 9.17) is 0 Å². The van der Waals surface area contributed by atoms with Crippen LogP contribution >= 0.6 is 0 Å². The third-order valence-electron chi connectivity index (χ3n) is 1.02. The van der Waals surface area contributed by atoms with Gasteiger partial charge in [-0.15, -0.1) is 0 Å². The summed E-state index contributed by atoms with van der Waals surface area (Å²) >= 11 is 0. The standard InChI is InChI=1S/C7H11O3.HI.Zn/c1-3-4-6(8)5-7(9)10-2;;/h1,3-5H2,2H3;1H;/q-1;;+2/p-1. The van der Waals surface area contributed by atoms with Crippen LogP contribution in [0, 0.1) is 6.92 Å². The van der Waals surface area contributed by atoms with Gasteiger partial charge in [-0.05, 0) is 6.42 Å². The van der Waals surface area contributed by atoms with Crippen molar-refractivity contribution in [2.75, 3.05) is 7.11 Å². The molecule has 0 atom stereocenters. The Kier molecular flexibility index (Phi) is 17.5. The summed E-state index contributed by atoms with van der Waals surface area (Å²) in [4.78, 5) is 21.1. The summed E-state index contributed by atoms with van der Waals surface area (Å²) in [7, 11) is 1.26. The molecule has 0 unspecified atom stereocenters. The molecule has 5 heteroatoms. The summed E-state index contributed by atoms with van der Waals surface area (Å²) < 4.78 is 4.29. The molecule has 0 heterocycles. The number of carbonyl (C=O) groups excluding carboxylic acids is 2. The van der Waals surface area contributed by atoms with Gasteiger partial charge in [-0.1, -0.05) is 0 Å². The third kappa shape index (κ3) is 10.5. The number of hydrogen-bond acceptors (Lipinski definition) is 3. The maximum absolute atomic E-state index is 10.7. The molecule has 0 aliphatic heterocycles. The number of hydrogen-bond donors (Lipinski definition) is 0. The van der Waals surface area contributed by atoms with Gasteiger partial charge in [0.25, 0.3) is 0 Å². The normalized spacial score (nSPS) is 7.50. The van der Waals surface area contributed by atoms with E-state index < -0.39 is 5.97 Å². The molecular formula is C7H11IO3Zn. The van der Waals surface area contributed by atoms with Gasteiger partial charge in [0.1, 0.15) is 12.2 Å². The zero-order valence-electron chi connectivity index (χ0n) is 7.14. The maximum atomic E-state index is 10.7. The average molecular weight is 335 g/mol. The van der Waals surface area contributed by atoms with Crippen molar-refractivity contribution < 1.29 is 57.8 Å². The van der Waals surface area contributed by atoms with E-state index in [1.54, 1.807) is 0 Å². The second kappa shape index (κ2) is 11.5. The second-order valence-electron chi connectivity index (χ2n) is 1.90. The molecule has 0 amide bonds. The van der Waals surface area contributed by atoms with E-state index in [0.29, 0.717) is 12.8 Å². The molecule has 0 aromatic rings. The van der Waals surface area contributed by atoms with Crippen LogP contribution in [0.15, 0.2) is 0 Å². The number of esters is 1. The molecule has 12 heavy (non-hydrogen) atoms. The zero-order chi connectivity index (χ0) is 7.98. The summed E-state index contributed by atoms with van der Waals surface area (Å²) in [6.07, 6.45) is 0.775. The molecule has 0 fully saturated rings. The molecule has 3 nitrogen and oxygen atoms in total. The minimum absolute atomic E-state index is 0. The van der Waals surface area contributed by atoms with Gasteiger partial charge < -0.3 is 35.6 Å². The van der Waals surface area contributed by atoms with E-state index >= 15 is 0 Å². The topological polar surface area (TPSA) is 43.4 Å². The van der Waals surface area contributed by atoms with E-state index in [1.807, 2.05) is 0 Å². The predicted octanol–water partition coefficient (Wildman–Crippen LogP) is -2.27. The van der Waals surface area contributed by atoms with Crippen molar-refractivity contribution in [2.24, 2.45) is 0 Å². The third-order valence-corrected chi connectivity index (χ3v) is 1.02. The number of rotatable bonds is 4. The quantitative estimate of drug-likeness (QED) is 0.191. The van der Waals surface area contributed by atoms with Gasteiger partial charge in [0.15, 0.2) is 0 Å². The first kappa shape index (κ1) is 18.3. The van der Waals surface area contributed by atoms with Crippen molar-refractivity contribution in [3.05, 3.63) is 6.92 Å². The molecule has 0 aromatic heterocycles. The van der Waals surface area contributed by atoms with E-state index in [-0.39, 0.29) is 55.7 Å². The first-order valence-electron chi connectivity index (χ1n) is 3.08. The molecule has 0 radical (unpaired) electrons. The molecule has 0 aliphatic carbocycles. The molecule has 0 spiro atoms. The van der Waals surface area contributed by atoms with Gasteiger partial charge in [-0.2, -0.15) is 6.42 Å². The van der Waals surface area contributed by atoms with Crippen LogP contribution < -0.4 is 24.0 Å². The van der Waals surface area contributed by atoms with E-state index in [9.17, 15) is 9.59 Å². The summed E-state index contributed by atoms with van der Waals surface area (Å²) in [6.45, 7) is 3.49. The Morgan fingerprint density at radius 3 is 2.25 bits per heavy atom. The van der Waals surface area contributed by atoms with Crippen LogP contribution in [0.5, 0.6) is 0 Å². The Hall–Kier alpha value is 0.493. The van der Waals surface area contributed by atoms with Crippen molar-refractivity contribution in [3.8, 4) is 0 Å². The van der Waals surface area contributed by atoms with Crippen molar-refractivity contribution in [2.45, 2.75) is 19.3 Å². The molecular weight excluding hydrogens is 324 g/mol. The van der Waals surface area contributed by atoms with Gasteiger partial charge in [0.05, 0.1) is 7.11 Å². The first-order valence-corrected chi connectivity index (χ1v) is 3.08. The van der Waals surface area contributed by atoms with Crippen LogP contribution in [0.25, 0.3) is 0 Å². The van der Waals surface area contributed by atoms with Crippen molar-refractivity contribution in [1.29, 1.82) is 0 Å². The smallest absolute Gasteiger partial charge is 1.00 e. The fourth-order valence-corrected chi connectivity index (χ4v) is 0.519. The SMILES string of the molecule is [CH2-]CCC(=O)CC(=O)OC.[I-].[Zn+2]. The second-order valence-corrected chi connectivity index (χ2v) is 1.90.